The molecule has 1 rings (SSSR count). The van der Waals surface area contributed by atoms with Crippen molar-refractivity contribution in [3.8, 4) is 0 Å². The van der Waals surface area contributed by atoms with Gasteiger partial charge in [-0.2, -0.15) is 0 Å². The minimum Gasteiger partial charge on any atom is -0.460 e. The summed E-state index contributed by atoms with van der Waals surface area (Å²) in [5.41, 5.74) is 0.423. The molecule has 0 atom stereocenters. The number of rotatable bonds is 4. The highest BCUT2D eigenvalue weighted by Crippen LogP contribution is 2.10. The fourth-order valence-corrected chi connectivity index (χ4v) is 1.45. The third kappa shape index (κ3) is 4.97. The molecule has 0 unspecified atom stereocenters. The molecule has 0 aliphatic heterocycles. The van der Waals surface area contributed by atoms with Crippen molar-refractivity contribution >= 4 is 11.9 Å². The summed E-state index contributed by atoms with van der Waals surface area (Å²) in [6.07, 6.45) is 1.49. The summed E-state index contributed by atoms with van der Waals surface area (Å²) in [6.45, 7) is 5.42. The molecule has 1 aromatic rings. The maximum atomic E-state index is 11.8. The van der Waals surface area contributed by atoms with Gasteiger partial charge in [-0.3, -0.25) is 19.4 Å². The molecule has 0 radical (unpaired) electrons. The smallest absolute Gasteiger partial charge is 0.312 e. The summed E-state index contributed by atoms with van der Waals surface area (Å²) < 4.78 is 5.20. The Morgan fingerprint density at radius 2 is 1.95 bits per heavy atom. The molecule has 1 aromatic heterocycles. The lowest BCUT2D eigenvalue weighted by molar-refractivity contribution is -0.153. The predicted molar refractivity (Wildman–Crippen MR) is 72.9 cm³/mol. The first-order chi connectivity index (χ1) is 9.23. The summed E-state index contributed by atoms with van der Waals surface area (Å²) in [7, 11) is 2.92. The van der Waals surface area contributed by atoms with E-state index in [0.29, 0.717) is 11.3 Å². The molecule has 0 N–H and O–H groups in total. The van der Waals surface area contributed by atoms with Crippen molar-refractivity contribution < 1.29 is 19.2 Å². The van der Waals surface area contributed by atoms with Crippen molar-refractivity contribution in [2.45, 2.75) is 32.8 Å². The maximum absolute atomic E-state index is 11.8. The number of aromatic nitrogens is 1. The second-order valence-electron chi connectivity index (χ2n) is 5.29. The van der Waals surface area contributed by atoms with Gasteiger partial charge in [-0.15, -0.1) is 0 Å². The second kappa shape index (κ2) is 6.47. The molecule has 0 spiro atoms. The number of hydroxylamine groups is 2. The first kappa shape index (κ1) is 16.1. The van der Waals surface area contributed by atoms with Gasteiger partial charge in [0, 0.05) is 13.2 Å². The Kier molecular flexibility index (Phi) is 5.21. The van der Waals surface area contributed by atoms with Gasteiger partial charge in [0.1, 0.15) is 5.60 Å². The highest BCUT2D eigenvalue weighted by molar-refractivity contribution is 5.93. The van der Waals surface area contributed by atoms with Crippen LogP contribution in [-0.4, -0.2) is 41.7 Å². The minimum absolute atomic E-state index is 0.0753. The summed E-state index contributed by atoms with van der Waals surface area (Å²) in [4.78, 5) is 32.3. The van der Waals surface area contributed by atoms with Crippen molar-refractivity contribution in [1.29, 1.82) is 0 Å². The molecule has 110 valence electrons. The van der Waals surface area contributed by atoms with Crippen LogP contribution in [0.25, 0.3) is 0 Å². The third-order valence-corrected chi connectivity index (χ3v) is 2.38. The van der Waals surface area contributed by atoms with Crippen LogP contribution >= 0.6 is 0 Å². The lowest BCUT2D eigenvalue weighted by atomic mass is 10.2. The Labute approximate surface area is 118 Å². The average Bonchev–Trinajstić information content (AvgIpc) is 2.35. The van der Waals surface area contributed by atoms with E-state index in [1.165, 1.54) is 20.4 Å². The van der Waals surface area contributed by atoms with Crippen LogP contribution in [0.4, 0.5) is 0 Å². The molecule has 6 heteroatoms. The molecule has 6 nitrogen and oxygen atoms in total. The Bertz CT molecular complexity index is 477. The van der Waals surface area contributed by atoms with E-state index in [1.807, 2.05) is 0 Å². The van der Waals surface area contributed by atoms with Gasteiger partial charge in [-0.05, 0) is 32.9 Å². The summed E-state index contributed by atoms with van der Waals surface area (Å²) in [5.74, 6) is -0.651. The molecular weight excluding hydrogens is 260 g/mol. The normalized spacial score (nSPS) is 11.1. The van der Waals surface area contributed by atoms with Gasteiger partial charge in [0.15, 0.2) is 0 Å². The van der Waals surface area contributed by atoms with Gasteiger partial charge in [0.25, 0.3) is 5.91 Å². The van der Waals surface area contributed by atoms with Crippen LogP contribution in [-0.2, 0) is 20.8 Å². The van der Waals surface area contributed by atoms with Gasteiger partial charge in [0.2, 0.25) is 0 Å². The van der Waals surface area contributed by atoms with Crippen LogP contribution in [0.2, 0.25) is 0 Å². The van der Waals surface area contributed by atoms with Gasteiger partial charge in [0.05, 0.1) is 24.8 Å². The number of carbonyl (C=O) groups excluding carboxylic acids is 2. The van der Waals surface area contributed by atoms with E-state index in [-0.39, 0.29) is 18.3 Å². The number of ether oxygens (including phenoxy) is 1. The van der Waals surface area contributed by atoms with Gasteiger partial charge >= 0.3 is 5.97 Å². The molecule has 0 saturated carbocycles. The van der Waals surface area contributed by atoms with Gasteiger partial charge in [-0.1, -0.05) is 0 Å². The van der Waals surface area contributed by atoms with Crippen LogP contribution in [0.1, 0.15) is 36.8 Å². The van der Waals surface area contributed by atoms with E-state index in [1.54, 1.807) is 32.9 Å². The molecule has 20 heavy (non-hydrogen) atoms. The number of nitrogens with zero attached hydrogens (tertiary/aromatic N) is 2. The number of hydrogen-bond donors (Lipinski definition) is 0. The first-order valence-electron chi connectivity index (χ1n) is 6.22. The standard InChI is InChI=1S/C14H20N2O4/c1-14(2,3)20-12(17)8-11-7-6-10(9-15-11)13(18)16(4)19-5/h6-7,9H,8H2,1-5H3. The third-order valence-electron chi connectivity index (χ3n) is 2.38. The molecule has 0 aliphatic rings. The molecule has 0 saturated heterocycles. The zero-order valence-corrected chi connectivity index (χ0v) is 12.5. The van der Waals surface area contributed by atoms with Crippen molar-refractivity contribution in [2.24, 2.45) is 0 Å². The average molecular weight is 280 g/mol. The number of pyridine rings is 1. The number of esters is 1. The lowest BCUT2D eigenvalue weighted by Gasteiger charge is -2.19. The highest BCUT2D eigenvalue weighted by Gasteiger charge is 2.17. The van der Waals surface area contributed by atoms with Crippen LogP contribution in [0.5, 0.6) is 0 Å². The zero-order valence-electron chi connectivity index (χ0n) is 12.5. The predicted octanol–water partition coefficient (Wildman–Crippen LogP) is 1.60. The minimum atomic E-state index is -0.520. The van der Waals surface area contributed by atoms with E-state index in [0.717, 1.165) is 5.06 Å². The fourth-order valence-electron chi connectivity index (χ4n) is 1.45. The molecule has 0 aromatic carbocycles. The summed E-state index contributed by atoms with van der Waals surface area (Å²) >= 11 is 0. The van der Waals surface area contributed by atoms with Crippen molar-refractivity contribution in [3.05, 3.63) is 29.6 Å². The van der Waals surface area contributed by atoms with E-state index >= 15 is 0 Å². The molecular formula is C14H20N2O4. The highest BCUT2D eigenvalue weighted by atomic mass is 16.7. The van der Waals surface area contributed by atoms with Gasteiger partial charge in [-0.25, -0.2) is 5.06 Å². The van der Waals surface area contributed by atoms with E-state index in [4.69, 9.17) is 9.57 Å². The van der Waals surface area contributed by atoms with Crippen LogP contribution in [0.3, 0.4) is 0 Å². The first-order valence-corrected chi connectivity index (χ1v) is 6.22. The largest absolute Gasteiger partial charge is 0.460 e. The summed E-state index contributed by atoms with van der Waals surface area (Å²) in [5, 5.41) is 1.10. The lowest BCUT2D eigenvalue weighted by Crippen LogP contribution is -2.26. The SMILES string of the molecule is CON(C)C(=O)c1ccc(CC(=O)OC(C)(C)C)nc1. The zero-order chi connectivity index (χ0) is 15.3. The Morgan fingerprint density at radius 3 is 2.40 bits per heavy atom. The van der Waals surface area contributed by atoms with Crippen molar-refractivity contribution in [1.82, 2.24) is 10.0 Å². The fraction of sp³-hybridized carbons (Fsp3) is 0.500. The molecule has 0 fully saturated rings. The second-order valence-corrected chi connectivity index (χ2v) is 5.29. The van der Waals surface area contributed by atoms with Crippen LogP contribution < -0.4 is 0 Å². The number of hydrogen-bond acceptors (Lipinski definition) is 5. The Morgan fingerprint density at radius 1 is 1.30 bits per heavy atom. The monoisotopic (exact) mass is 280 g/mol. The number of carbonyl (C=O) groups is 2. The summed E-state index contributed by atoms with van der Waals surface area (Å²) in [6, 6.07) is 3.23. The quantitative estimate of drug-likeness (QED) is 0.619. The van der Waals surface area contributed by atoms with Crippen LogP contribution in [0, 0.1) is 0 Å². The Hall–Kier alpha value is -1.95. The molecule has 0 aliphatic carbocycles. The van der Waals surface area contributed by atoms with Crippen molar-refractivity contribution in [3.63, 3.8) is 0 Å². The Balaban J connectivity index is 2.68. The molecule has 1 heterocycles. The van der Waals surface area contributed by atoms with E-state index in [2.05, 4.69) is 4.98 Å². The number of amides is 1. The van der Waals surface area contributed by atoms with Crippen molar-refractivity contribution in [2.75, 3.05) is 14.2 Å². The topological polar surface area (TPSA) is 68.7 Å². The van der Waals surface area contributed by atoms with E-state index in [9.17, 15) is 9.59 Å². The van der Waals surface area contributed by atoms with Gasteiger partial charge < -0.3 is 4.74 Å². The van der Waals surface area contributed by atoms with Crippen LogP contribution in [0.15, 0.2) is 18.3 Å². The molecule has 1 amide bonds. The maximum Gasteiger partial charge on any atom is 0.312 e. The molecule has 0 bridgehead atoms. The van der Waals surface area contributed by atoms with E-state index < -0.39 is 5.60 Å².